The Morgan fingerprint density at radius 2 is 0.983 bits per heavy atom. The molecule has 0 bridgehead atoms. The molecule has 0 fully saturated rings. The van der Waals surface area contributed by atoms with Gasteiger partial charge in [0.25, 0.3) is 0 Å². The van der Waals surface area contributed by atoms with Crippen molar-refractivity contribution in [1.29, 1.82) is 0 Å². The van der Waals surface area contributed by atoms with Crippen LogP contribution in [0.25, 0.3) is 11.1 Å². The topological polar surface area (TPSA) is 115 Å². The van der Waals surface area contributed by atoms with Crippen molar-refractivity contribution in [3.05, 3.63) is 228 Å². The number of anilines is 4. The van der Waals surface area contributed by atoms with Gasteiger partial charge in [0.2, 0.25) is 0 Å². The van der Waals surface area contributed by atoms with Crippen LogP contribution in [0.5, 0.6) is 23.0 Å². The Labute approximate surface area is 346 Å². The number of rotatable bonds is 9. The van der Waals surface area contributed by atoms with E-state index >= 15 is 0 Å². The van der Waals surface area contributed by atoms with Crippen molar-refractivity contribution in [3.63, 3.8) is 0 Å². The van der Waals surface area contributed by atoms with Gasteiger partial charge in [0.15, 0.2) is 0 Å². The summed E-state index contributed by atoms with van der Waals surface area (Å²) in [6.45, 7) is 0. The SMILES string of the molecule is Nc1ccc(C(=O)Oc2ccc3c(c2)Oc2ccc(OC(=O)c4ccc(N(Nc5ccccc5)Nc5ccccc5)cc4)cc2C32c3ccccc3-c3ccccc32)cc1. The fourth-order valence-electron chi connectivity index (χ4n) is 8.13. The van der Waals surface area contributed by atoms with E-state index in [1.807, 2.05) is 115 Å². The highest BCUT2D eigenvalue weighted by molar-refractivity contribution is 5.93. The summed E-state index contributed by atoms with van der Waals surface area (Å²) in [4.78, 5) is 27.0. The molecule has 4 N–H and O–H groups in total. The summed E-state index contributed by atoms with van der Waals surface area (Å²) in [5, 5.41) is 1.80. The van der Waals surface area contributed by atoms with Gasteiger partial charge in [0.1, 0.15) is 23.0 Å². The predicted molar refractivity (Wildman–Crippen MR) is 234 cm³/mol. The van der Waals surface area contributed by atoms with Crippen LogP contribution in [0.4, 0.5) is 22.7 Å². The van der Waals surface area contributed by atoms with E-state index in [0.29, 0.717) is 39.8 Å². The standard InChI is InChI=1S/C51H36N4O5/c52-35-23-19-33(20-24-35)49(56)59-40-27-29-45-48(32-40)60-47-30-28-39(31-46(47)51(45)43-17-9-7-15-41(43)42-16-8-10-18-44(42)51)58-50(57)34-21-25-38(26-22-34)55(53-36-11-3-1-4-12-36)54-37-13-5-2-6-14-37/h1-32,53-54H,52H2. The minimum atomic E-state index is -0.847. The number of para-hydroxylation sites is 2. The monoisotopic (exact) mass is 784 g/mol. The van der Waals surface area contributed by atoms with Crippen molar-refractivity contribution < 1.29 is 23.8 Å². The van der Waals surface area contributed by atoms with Crippen LogP contribution in [-0.4, -0.2) is 11.9 Å². The lowest BCUT2D eigenvalue weighted by molar-refractivity contribution is 0.0724. The number of nitrogen functional groups attached to an aromatic ring is 1. The Hall–Kier alpha value is -8.30. The van der Waals surface area contributed by atoms with E-state index in [9.17, 15) is 9.59 Å². The first-order valence-electron chi connectivity index (χ1n) is 19.4. The van der Waals surface area contributed by atoms with Crippen molar-refractivity contribution in [3.8, 4) is 34.1 Å². The minimum Gasteiger partial charge on any atom is -0.457 e. The molecule has 0 radical (unpaired) electrons. The first-order chi connectivity index (χ1) is 29.4. The van der Waals surface area contributed by atoms with E-state index in [1.54, 1.807) is 59.7 Å². The third-order valence-electron chi connectivity index (χ3n) is 10.8. The van der Waals surface area contributed by atoms with Crippen LogP contribution in [0.2, 0.25) is 0 Å². The molecule has 9 heteroatoms. The molecule has 0 saturated carbocycles. The third-order valence-corrected chi connectivity index (χ3v) is 10.8. The number of carbonyl (C=O) groups excluding carboxylic acids is 2. The molecule has 0 atom stereocenters. The number of ether oxygens (including phenoxy) is 3. The molecule has 0 aromatic heterocycles. The second-order valence-corrected chi connectivity index (χ2v) is 14.5. The zero-order valence-electron chi connectivity index (χ0n) is 32.0. The summed E-state index contributed by atoms with van der Waals surface area (Å²) in [7, 11) is 0. The fraction of sp³-hybridized carbons (Fsp3) is 0.0196. The van der Waals surface area contributed by atoms with Gasteiger partial charge in [-0.25, -0.2) is 9.59 Å². The van der Waals surface area contributed by atoms with Gasteiger partial charge in [0, 0.05) is 22.9 Å². The summed E-state index contributed by atoms with van der Waals surface area (Å²) in [6, 6.07) is 61.0. The van der Waals surface area contributed by atoms with Crippen molar-refractivity contribution in [2.45, 2.75) is 5.41 Å². The molecule has 9 nitrogen and oxygen atoms in total. The molecule has 8 aromatic carbocycles. The van der Waals surface area contributed by atoms with Crippen molar-refractivity contribution in [2.24, 2.45) is 0 Å². The van der Waals surface area contributed by atoms with Gasteiger partial charge in [-0.1, -0.05) is 91.0 Å². The zero-order chi connectivity index (χ0) is 40.6. The molecule has 0 unspecified atom stereocenters. The van der Waals surface area contributed by atoms with Crippen molar-refractivity contribution in [1.82, 2.24) is 0 Å². The molecule has 10 rings (SSSR count). The molecule has 0 amide bonds. The first kappa shape index (κ1) is 36.1. The van der Waals surface area contributed by atoms with Gasteiger partial charge < -0.3 is 19.9 Å². The smallest absolute Gasteiger partial charge is 0.343 e. The average molecular weight is 785 g/mol. The maximum atomic E-state index is 13.9. The minimum absolute atomic E-state index is 0.333. The molecule has 1 aliphatic carbocycles. The summed E-state index contributed by atoms with van der Waals surface area (Å²) >= 11 is 0. The lowest BCUT2D eigenvalue weighted by atomic mass is 9.66. The predicted octanol–water partition coefficient (Wildman–Crippen LogP) is 11.0. The van der Waals surface area contributed by atoms with Gasteiger partial charge in [-0.15, -0.1) is 0 Å². The van der Waals surface area contributed by atoms with E-state index in [1.165, 1.54) is 0 Å². The lowest BCUT2D eigenvalue weighted by Crippen LogP contribution is -2.35. The average Bonchev–Trinajstić information content (AvgIpc) is 3.58. The number of hydrogen-bond donors (Lipinski definition) is 3. The van der Waals surface area contributed by atoms with Crippen molar-refractivity contribution >= 4 is 34.7 Å². The highest BCUT2D eigenvalue weighted by Crippen LogP contribution is 2.62. The van der Waals surface area contributed by atoms with Crippen LogP contribution in [0.15, 0.2) is 194 Å². The van der Waals surface area contributed by atoms with Crippen LogP contribution in [0.1, 0.15) is 43.0 Å². The number of nitrogens with zero attached hydrogens (tertiary/aromatic N) is 1. The number of carbonyl (C=O) groups is 2. The van der Waals surface area contributed by atoms with E-state index in [-0.39, 0.29) is 0 Å². The number of nitrogens with two attached hydrogens (primary N) is 1. The van der Waals surface area contributed by atoms with Gasteiger partial charge >= 0.3 is 11.9 Å². The summed E-state index contributed by atoms with van der Waals surface area (Å²) < 4.78 is 18.6. The highest BCUT2D eigenvalue weighted by atomic mass is 16.5. The molecule has 1 spiro atoms. The fourth-order valence-corrected chi connectivity index (χ4v) is 8.13. The number of nitrogens with one attached hydrogen (secondary N) is 2. The van der Waals surface area contributed by atoms with E-state index in [2.05, 4.69) is 35.1 Å². The van der Waals surface area contributed by atoms with Crippen LogP contribution < -0.4 is 35.9 Å². The number of fused-ring (bicyclic) bond motifs is 9. The molecule has 2 aliphatic rings. The summed E-state index contributed by atoms with van der Waals surface area (Å²) in [5.41, 5.74) is 21.6. The van der Waals surface area contributed by atoms with Crippen LogP contribution >= 0.6 is 0 Å². The maximum Gasteiger partial charge on any atom is 0.343 e. The quantitative estimate of drug-likeness (QED) is 0.0569. The second-order valence-electron chi connectivity index (χ2n) is 14.5. The van der Waals surface area contributed by atoms with Crippen LogP contribution in [-0.2, 0) is 5.41 Å². The normalized spacial score (nSPS) is 12.5. The van der Waals surface area contributed by atoms with E-state index in [0.717, 1.165) is 50.4 Å². The number of hydrazine groups is 2. The second kappa shape index (κ2) is 14.9. The molecule has 0 saturated heterocycles. The van der Waals surface area contributed by atoms with Gasteiger partial charge in [0.05, 0.1) is 33.6 Å². The molecule has 1 heterocycles. The van der Waals surface area contributed by atoms with Gasteiger partial charge in [-0.2, -0.15) is 5.12 Å². The number of benzene rings is 8. The summed E-state index contributed by atoms with van der Waals surface area (Å²) in [5.74, 6) is 0.800. The third kappa shape index (κ3) is 6.40. The molecular formula is C51H36N4O5. The van der Waals surface area contributed by atoms with Gasteiger partial charge in [-0.05, 0) is 119 Å². The van der Waals surface area contributed by atoms with Crippen LogP contribution in [0, 0.1) is 0 Å². The maximum absolute atomic E-state index is 13.9. The number of esters is 2. The molecule has 8 aromatic rings. The molecule has 1 aliphatic heterocycles. The number of hydrogen-bond acceptors (Lipinski definition) is 9. The van der Waals surface area contributed by atoms with Crippen molar-refractivity contribution in [2.75, 3.05) is 21.7 Å². The molecule has 60 heavy (non-hydrogen) atoms. The Kier molecular flexibility index (Phi) is 8.95. The molecule has 290 valence electrons. The van der Waals surface area contributed by atoms with E-state index < -0.39 is 17.4 Å². The zero-order valence-corrected chi connectivity index (χ0v) is 32.0. The lowest BCUT2D eigenvalue weighted by Gasteiger charge is -2.39. The summed E-state index contributed by atoms with van der Waals surface area (Å²) in [6.07, 6.45) is 0. The largest absolute Gasteiger partial charge is 0.457 e. The molecular weight excluding hydrogens is 749 g/mol. The Bertz CT molecular complexity index is 2810. The Balaban J connectivity index is 0.985. The highest BCUT2D eigenvalue weighted by Gasteiger charge is 2.51. The Morgan fingerprint density at radius 3 is 1.57 bits per heavy atom. The Morgan fingerprint density at radius 1 is 0.483 bits per heavy atom. The van der Waals surface area contributed by atoms with Crippen LogP contribution in [0.3, 0.4) is 0 Å². The first-order valence-corrected chi connectivity index (χ1v) is 19.4. The van der Waals surface area contributed by atoms with E-state index in [4.69, 9.17) is 19.9 Å². The van der Waals surface area contributed by atoms with Gasteiger partial charge in [-0.3, -0.25) is 10.9 Å².